The summed E-state index contributed by atoms with van der Waals surface area (Å²) in [5.74, 6) is 2.20. The molecule has 3 heterocycles. The molecule has 1 aromatic heterocycles. The molecule has 2 N–H and O–H groups in total. The topological polar surface area (TPSA) is 95.9 Å². The molecule has 0 radical (unpaired) electrons. The van der Waals surface area contributed by atoms with Gasteiger partial charge in [0.2, 0.25) is 5.91 Å². The van der Waals surface area contributed by atoms with Gasteiger partial charge in [0.15, 0.2) is 5.78 Å². The summed E-state index contributed by atoms with van der Waals surface area (Å²) >= 11 is 0. The zero-order chi connectivity index (χ0) is 20.5. The molecule has 0 fully saturated rings. The monoisotopic (exact) mass is 391 g/mol. The van der Waals surface area contributed by atoms with Gasteiger partial charge in [-0.15, -0.1) is 0 Å². The number of carbonyl (C=O) groups excluding carboxylic acids is 2. The minimum atomic E-state index is -0.214. The normalized spacial score (nSPS) is 15.9. The molecule has 1 aromatic carbocycles. The van der Waals surface area contributed by atoms with Gasteiger partial charge in [0.05, 0.1) is 19.3 Å². The van der Waals surface area contributed by atoms with E-state index in [1.807, 2.05) is 24.0 Å². The average Bonchev–Trinajstić information content (AvgIpc) is 3.18. The molecule has 2 aliphatic rings. The third-order valence-electron chi connectivity index (χ3n) is 4.80. The van der Waals surface area contributed by atoms with Crippen LogP contribution in [0.5, 0.6) is 5.75 Å². The SMILES string of the molecule is COc1c(C)ccc2c1NC(=CC(=O)c1ccc(NC(C)=O)nc1)N1CCN=C21. The van der Waals surface area contributed by atoms with Crippen molar-refractivity contribution in [2.75, 3.05) is 30.8 Å². The number of ether oxygens (including phenoxy) is 1. The van der Waals surface area contributed by atoms with Crippen LogP contribution < -0.4 is 15.4 Å². The number of rotatable bonds is 4. The highest BCUT2D eigenvalue weighted by molar-refractivity contribution is 6.11. The molecule has 29 heavy (non-hydrogen) atoms. The first-order chi connectivity index (χ1) is 14.0. The number of anilines is 2. The first-order valence-corrected chi connectivity index (χ1v) is 9.24. The highest BCUT2D eigenvalue weighted by Gasteiger charge is 2.32. The lowest BCUT2D eigenvalue weighted by Gasteiger charge is -2.32. The Morgan fingerprint density at radius 1 is 1.28 bits per heavy atom. The molecule has 1 amide bonds. The van der Waals surface area contributed by atoms with Crippen LogP contribution in [0.3, 0.4) is 0 Å². The molecular weight excluding hydrogens is 370 g/mol. The van der Waals surface area contributed by atoms with E-state index in [1.54, 1.807) is 25.3 Å². The zero-order valence-electron chi connectivity index (χ0n) is 16.4. The summed E-state index contributed by atoms with van der Waals surface area (Å²) in [5, 5.41) is 5.93. The predicted molar refractivity (Wildman–Crippen MR) is 110 cm³/mol. The van der Waals surface area contributed by atoms with Gasteiger partial charge >= 0.3 is 0 Å². The van der Waals surface area contributed by atoms with Gasteiger partial charge in [-0.1, -0.05) is 6.07 Å². The summed E-state index contributed by atoms with van der Waals surface area (Å²) in [6.45, 7) is 4.73. The van der Waals surface area contributed by atoms with Gasteiger partial charge < -0.3 is 20.3 Å². The number of pyridine rings is 1. The van der Waals surface area contributed by atoms with Crippen molar-refractivity contribution >= 4 is 29.0 Å². The van der Waals surface area contributed by atoms with Crippen molar-refractivity contribution in [3.63, 3.8) is 0 Å². The number of hydrogen-bond acceptors (Lipinski definition) is 7. The van der Waals surface area contributed by atoms with Crippen LogP contribution in [-0.4, -0.2) is 47.6 Å². The number of fused-ring (bicyclic) bond motifs is 3. The van der Waals surface area contributed by atoms with E-state index in [0.717, 1.165) is 28.4 Å². The van der Waals surface area contributed by atoms with Crippen molar-refractivity contribution in [2.24, 2.45) is 4.99 Å². The zero-order valence-corrected chi connectivity index (χ0v) is 16.4. The second-order valence-corrected chi connectivity index (χ2v) is 6.83. The molecule has 2 aromatic rings. The van der Waals surface area contributed by atoms with Crippen molar-refractivity contribution in [1.29, 1.82) is 0 Å². The third kappa shape index (κ3) is 3.44. The molecule has 0 unspecified atom stereocenters. The van der Waals surface area contributed by atoms with Crippen LogP contribution >= 0.6 is 0 Å². The number of aryl methyl sites for hydroxylation is 1. The Hall–Kier alpha value is -3.68. The minimum Gasteiger partial charge on any atom is -0.494 e. The molecule has 2 aliphatic heterocycles. The number of methoxy groups -OCH3 is 1. The average molecular weight is 391 g/mol. The predicted octanol–water partition coefficient (Wildman–Crippen LogP) is 2.57. The lowest BCUT2D eigenvalue weighted by atomic mass is 10.0. The van der Waals surface area contributed by atoms with E-state index in [0.29, 0.717) is 30.3 Å². The molecule has 0 saturated carbocycles. The second-order valence-electron chi connectivity index (χ2n) is 6.83. The van der Waals surface area contributed by atoms with Crippen molar-refractivity contribution in [3.8, 4) is 5.75 Å². The van der Waals surface area contributed by atoms with E-state index < -0.39 is 0 Å². The molecule has 0 saturated heterocycles. The molecule has 0 bridgehead atoms. The summed E-state index contributed by atoms with van der Waals surface area (Å²) in [4.78, 5) is 34.7. The van der Waals surface area contributed by atoms with Crippen LogP contribution in [0, 0.1) is 6.92 Å². The number of amides is 1. The minimum absolute atomic E-state index is 0.198. The van der Waals surface area contributed by atoms with E-state index in [1.165, 1.54) is 13.1 Å². The fourth-order valence-corrected chi connectivity index (χ4v) is 3.48. The Balaban J connectivity index is 1.67. The summed E-state index contributed by atoms with van der Waals surface area (Å²) in [6.07, 6.45) is 2.99. The van der Waals surface area contributed by atoms with Crippen LogP contribution in [0.1, 0.15) is 28.4 Å². The van der Waals surface area contributed by atoms with Gasteiger partial charge in [-0.2, -0.15) is 0 Å². The Morgan fingerprint density at radius 2 is 2.10 bits per heavy atom. The van der Waals surface area contributed by atoms with Crippen molar-refractivity contribution < 1.29 is 14.3 Å². The van der Waals surface area contributed by atoms with E-state index in [4.69, 9.17) is 4.74 Å². The molecular formula is C21H21N5O3. The fraction of sp³-hybridized carbons (Fsp3) is 0.238. The maximum atomic E-state index is 12.8. The fourth-order valence-electron chi connectivity index (χ4n) is 3.48. The maximum Gasteiger partial charge on any atom is 0.222 e. The van der Waals surface area contributed by atoms with Gasteiger partial charge in [-0.25, -0.2) is 4.98 Å². The number of carbonyl (C=O) groups is 2. The number of amidine groups is 1. The smallest absolute Gasteiger partial charge is 0.222 e. The van der Waals surface area contributed by atoms with Crippen LogP contribution in [0.2, 0.25) is 0 Å². The first-order valence-electron chi connectivity index (χ1n) is 9.24. The molecule has 0 atom stereocenters. The van der Waals surface area contributed by atoms with Crippen LogP contribution in [0.4, 0.5) is 11.5 Å². The van der Waals surface area contributed by atoms with Crippen LogP contribution in [0.15, 0.2) is 47.4 Å². The lowest BCUT2D eigenvalue weighted by molar-refractivity contribution is -0.114. The van der Waals surface area contributed by atoms with E-state index >= 15 is 0 Å². The number of nitrogens with zero attached hydrogens (tertiary/aromatic N) is 3. The summed E-state index contributed by atoms with van der Waals surface area (Å²) in [5.41, 5.74) is 3.18. The standard InChI is InChI=1S/C21H21N5O3/c1-12-4-6-15-19(20(12)29-3)25-18(26-9-8-22-21(15)26)10-16(28)14-5-7-17(23-11-14)24-13(2)27/h4-7,10-11,25H,8-9H2,1-3H3,(H,23,24,27). The highest BCUT2D eigenvalue weighted by atomic mass is 16.5. The Bertz CT molecular complexity index is 1060. The first kappa shape index (κ1) is 18.7. The maximum absolute atomic E-state index is 12.8. The Kier molecular flexibility index (Phi) is 4.75. The van der Waals surface area contributed by atoms with Crippen LogP contribution in [0.25, 0.3) is 0 Å². The van der Waals surface area contributed by atoms with Crippen LogP contribution in [-0.2, 0) is 4.79 Å². The van der Waals surface area contributed by atoms with Crippen molar-refractivity contribution in [3.05, 3.63) is 59.0 Å². The second kappa shape index (κ2) is 7.38. The Labute approximate surface area is 168 Å². The number of aromatic nitrogens is 1. The number of ketones is 1. The van der Waals surface area contributed by atoms with E-state index in [2.05, 4.69) is 20.6 Å². The number of aliphatic imine (C=N–C) groups is 1. The third-order valence-corrected chi connectivity index (χ3v) is 4.80. The summed E-state index contributed by atoms with van der Waals surface area (Å²) in [6, 6.07) is 7.26. The van der Waals surface area contributed by atoms with Gasteiger partial charge in [-0.05, 0) is 30.7 Å². The van der Waals surface area contributed by atoms with E-state index in [9.17, 15) is 9.59 Å². The van der Waals surface area contributed by atoms with Gasteiger partial charge in [0, 0.05) is 36.9 Å². The molecule has 8 heteroatoms. The largest absolute Gasteiger partial charge is 0.494 e. The molecule has 4 rings (SSSR count). The van der Waals surface area contributed by atoms with Crippen molar-refractivity contribution in [2.45, 2.75) is 13.8 Å². The highest BCUT2D eigenvalue weighted by Crippen LogP contribution is 2.39. The lowest BCUT2D eigenvalue weighted by Crippen LogP contribution is -2.36. The molecule has 8 nitrogen and oxygen atoms in total. The van der Waals surface area contributed by atoms with E-state index in [-0.39, 0.29) is 11.7 Å². The van der Waals surface area contributed by atoms with Gasteiger partial charge in [0.25, 0.3) is 0 Å². The Morgan fingerprint density at radius 3 is 2.79 bits per heavy atom. The molecule has 0 aliphatic carbocycles. The number of allylic oxidation sites excluding steroid dienone is 1. The molecule has 148 valence electrons. The summed E-state index contributed by atoms with van der Waals surface area (Å²) < 4.78 is 5.58. The van der Waals surface area contributed by atoms with Gasteiger partial charge in [0.1, 0.15) is 23.2 Å². The number of benzene rings is 1. The summed E-state index contributed by atoms with van der Waals surface area (Å²) in [7, 11) is 1.63. The number of hydrogen-bond donors (Lipinski definition) is 2. The molecule has 0 spiro atoms. The van der Waals surface area contributed by atoms with Crippen molar-refractivity contribution in [1.82, 2.24) is 9.88 Å². The number of nitrogens with one attached hydrogen (secondary N) is 2. The van der Waals surface area contributed by atoms with Gasteiger partial charge in [-0.3, -0.25) is 14.6 Å². The quantitative estimate of drug-likeness (QED) is 0.614.